The first kappa shape index (κ1) is 13.0. The second-order valence-corrected chi connectivity index (χ2v) is 4.16. The van der Waals surface area contributed by atoms with E-state index in [2.05, 4.69) is 44.3 Å². The summed E-state index contributed by atoms with van der Waals surface area (Å²) in [5.74, 6) is 0. The second kappa shape index (κ2) is 6.54. The van der Waals surface area contributed by atoms with E-state index in [0.717, 1.165) is 19.4 Å². The third-order valence-electron chi connectivity index (χ3n) is 2.81. The fourth-order valence-corrected chi connectivity index (χ4v) is 1.97. The van der Waals surface area contributed by atoms with Crippen molar-refractivity contribution in [1.82, 2.24) is 0 Å². The number of methoxy groups -OCH3 is 1. The minimum atomic E-state index is 0.350. The minimum Gasteiger partial charge on any atom is -0.383 e. The van der Waals surface area contributed by atoms with Crippen LogP contribution in [0.2, 0.25) is 0 Å². The normalized spacial score (nSPS) is 12.5. The highest BCUT2D eigenvalue weighted by atomic mass is 16.5. The molecule has 0 aliphatic carbocycles. The number of hydrogen-bond acceptors (Lipinski definition) is 2. The summed E-state index contributed by atoms with van der Waals surface area (Å²) in [5.41, 5.74) is 4.08. The van der Waals surface area contributed by atoms with Crippen LogP contribution < -0.4 is 5.32 Å². The van der Waals surface area contributed by atoms with Crippen molar-refractivity contribution < 1.29 is 4.74 Å². The van der Waals surface area contributed by atoms with E-state index in [1.54, 1.807) is 7.11 Å². The molecule has 0 saturated carbocycles. The zero-order valence-corrected chi connectivity index (χ0v) is 10.8. The highest BCUT2D eigenvalue weighted by molar-refractivity contribution is 5.58. The standard InChI is InChI=1S/C14H23NO/c1-5-12-8-7-9-13(6-2)14(12)15-11(3)10-16-4/h7-9,11,15H,5-6,10H2,1-4H3/t11-/m1/s1. The van der Waals surface area contributed by atoms with Crippen LogP contribution in [-0.2, 0) is 17.6 Å². The number of benzene rings is 1. The molecule has 0 spiro atoms. The summed E-state index contributed by atoms with van der Waals surface area (Å²) in [6.45, 7) is 7.28. The maximum Gasteiger partial charge on any atom is 0.0661 e. The lowest BCUT2D eigenvalue weighted by Crippen LogP contribution is -2.22. The van der Waals surface area contributed by atoms with Gasteiger partial charge in [-0.25, -0.2) is 0 Å². The van der Waals surface area contributed by atoms with Crippen LogP contribution in [-0.4, -0.2) is 19.8 Å². The molecule has 1 atom stereocenters. The van der Waals surface area contributed by atoms with Gasteiger partial charge in [0.2, 0.25) is 0 Å². The van der Waals surface area contributed by atoms with E-state index >= 15 is 0 Å². The van der Waals surface area contributed by atoms with E-state index in [-0.39, 0.29) is 0 Å². The Hall–Kier alpha value is -1.02. The first-order valence-electron chi connectivity index (χ1n) is 6.09. The molecule has 0 fully saturated rings. The number of hydrogen-bond donors (Lipinski definition) is 1. The van der Waals surface area contributed by atoms with Gasteiger partial charge in [0.1, 0.15) is 0 Å². The van der Waals surface area contributed by atoms with Crippen molar-refractivity contribution in [3.8, 4) is 0 Å². The van der Waals surface area contributed by atoms with Gasteiger partial charge in [-0.1, -0.05) is 32.0 Å². The Morgan fingerprint density at radius 1 is 1.19 bits per heavy atom. The molecule has 0 unspecified atom stereocenters. The van der Waals surface area contributed by atoms with Gasteiger partial charge >= 0.3 is 0 Å². The van der Waals surface area contributed by atoms with Crippen LogP contribution in [0.15, 0.2) is 18.2 Å². The second-order valence-electron chi connectivity index (χ2n) is 4.16. The van der Waals surface area contributed by atoms with Crippen molar-refractivity contribution in [1.29, 1.82) is 0 Å². The average Bonchev–Trinajstić information content (AvgIpc) is 2.29. The van der Waals surface area contributed by atoms with Crippen LogP contribution in [0.1, 0.15) is 31.9 Å². The van der Waals surface area contributed by atoms with E-state index in [1.165, 1.54) is 16.8 Å². The van der Waals surface area contributed by atoms with E-state index < -0.39 is 0 Å². The smallest absolute Gasteiger partial charge is 0.0661 e. The van der Waals surface area contributed by atoms with Crippen molar-refractivity contribution >= 4 is 5.69 Å². The van der Waals surface area contributed by atoms with E-state index in [4.69, 9.17) is 4.74 Å². The molecule has 2 nitrogen and oxygen atoms in total. The molecule has 1 aromatic rings. The monoisotopic (exact) mass is 221 g/mol. The predicted molar refractivity (Wildman–Crippen MR) is 70.2 cm³/mol. The van der Waals surface area contributed by atoms with Gasteiger partial charge in [0.15, 0.2) is 0 Å². The van der Waals surface area contributed by atoms with Gasteiger partial charge in [0, 0.05) is 18.8 Å². The summed E-state index contributed by atoms with van der Waals surface area (Å²) >= 11 is 0. The maximum atomic E-state index is 5.16. The van der Waals surface area contributed by atoms with Crippen LogP contribution in [0.3, 0.4) is 0 Å². The van der Waals surface area contributed by atoms with Crippen molar-refractivity contribution in [2.45, 2.75) is 39.7 Å². The molecule has 0 saturated heterocycles. The van der Waals surface area contributed by atoms with Gasteiger partial charge in [-0.3, -0.25) is 0 Å². The van der Waals surface area contributed by atoms with E-state index in [1.807, 2.05) is 0 Å². The van der Waals surface area contributed by atoms with Gasteiger partial charge in [-0.2, -0.15) is 0 Å². The van der Waals surface area contributed by atoms with Crippen LogP contribution in [0, 0.1) is 0 Å². The summed E-state index contributed by atoms with van der Waals surface area (Å²) in [5, 5.41) is 3.56. The van der Waals surface area contributed by atoms with Crippen LogP contribution in [0.4, 0.5) is 5.69 Å². The van der Waals surface area contributed by atoms with Crippen molar-refractivity contribution in [3.05, 3.63) is 29.3 Å². The highest BCUT2D eigenvalue weighted by Crippen LogP contribution is 2.23. The highest BCUT2D eigenvalue weighted by Gasteiger charge is 2.08. The van der Waals surface area contributed by atoms with Crippen molar-refractivity contribution in [3.63, 3.8) is 0 Å². The van der Waals surface area contributed by atoms with Crippen molar-refractivity contribution in [2.75, 3.05) is 19.0 Å². The Kier molecular flexibility index (Phi) is 5.33. The fraction of sp³-hybridized carbons (Fsp3) is 0.571. The Morgan fingerprint density at radius 3 is 2.19 bits per heavy atom. The number of anilines is 1. The minimum absolute atomic E-state index is 0.350. The van der Waals surface area contributed by atoms with Gasteiger partial charge in [-0.05, 0) is 30.9 Å². The molecule has 0 amide bonds. The average molecular weight is 221 g/mol. The summed E-state index contributed by atoms with van der Waals surface area (Å²) in [4.78, 5) is 0. The largest absolute Gasteiger partial charge is 0.383 e. The number of aryl methyl sites for hydroxylation is 2. The maximum absolute atomic E-state index is 5.16. The molecule has 0 aliphatic rings. The molecular formula is C14H23NO. The molecule has 0 radical (unpaired) electrons. The Morgan fingerprint density at radius 2 is 1.75 bits per heavy atom. The Bertz CT molecular complexity index is 300. The zero-order valence-electron chi connectivity index (χ0n) is 10.8. The molecule has 0 heterocycles. The molecule has 1 aromatic carbocycles. The van der Waals surface area contributed by atoms with Crippen LogP contribution in [0.5, 0.6) is 0 Å². The van der Waals surface area contributed by atoms with Gasteiger partial charge < -0.3 is 10.1 Å². The molecular weight excluding hydrogens is 198 g/mol. The molecule has 2 heteroatoms. The summed E-state index contributed by atoms with van der Waals surface area (Å²) in [7, 11) is 1.74. The van der Waals surface area contributed by atoms with E-state index in [9.17, 15) is 0 Å². The third kappa shape index (κ3) is 3.24. The molecule has 1 N–H and O–H groups in total. The summed E-state index contributed by atoms with van der Waals surface area (Å²) in [6, 6.07) is 6.88. The number of rotatable bonds is 6. The van der Waals surface area contributed by atoms with Crippen LogP contribution in [0.25, 0.3) is 0 Å². The fourth-order valence-electron chi connectivity index (χ4n) is 1.97. The molecule has 1 rings (SSSR count). The Balaban J connectivity index is 2.90. The Labute approximate surface area is 99.0 Å². The molecule has 16 heavy (non-hydrogen) atoms. The summed E-state index contributed by atoms with van der Waals surface area (Å²) in [6.07, 6.45) is 2.13. The quantitative estimate of drug-likeness (QED) is 0.796. The summed E-state index contributed by atoms with van der Waals surface area (Å²) < 4.78 is 5.16. The number of nitrogens with one attached hydrogen (secondary N) is 1. The molecule has 0 aromatic heterocycles. The zero-order chi connectivity index (χ0) is 12.0. The number of para-hydroxylation sites is 1. The first-order chi connectivity index (χ1) is 7.72. The lowest BCUT2D eigenvalue weighted by Gasteiger charge is -2.20. The lowest BCUT2D eigenvalue weighted by molar-refractivity contribution is 0.190. The molecule has 0 aliphatic heterocycles. The van der Waals surface area contributed by atoms with Gasteiger partial charge in [-0.15, -0.1) is 0 Å². The topological polar surface area (TPSA) is 21.3 Å². The molecule has 0 bridgehead atoms. The van der Waals surface area contributed by atoms with Gasteiger partial charge in [0.05, 0.1) is 6.61 Å². The van der Waals surface area contributed by atoms with Gasteiger partial charge in [0.25, 0.3) is 0 Å². The SMILES string of the molecule is CCc1cccc(CC)c1N[C@H](C)COC. The molecule has 90 valence electrons. The number of ether oxygens (including phenoxy) is 1. The van der Waals surface area contributed by atoms with E-state index in [0.29, 0.717) is 6.04 Å². The lowest BCUT2D eigenvalue weighted by atomic mass is 10.0. The first-order valence-corrected chi connectivity index (χ1v) is 6.09. The third-order valence-corrected chi connectivity index (χ3v) is 2.81. The van der Waals surface area contributed by atoms with Crippen molar-refractivity contribution in [2.24, 2.45) is 0 Å². The predicted octanol–water partition coefficient (Wildman–Crippen LogP) is 3.26. The van der Waals surface area contributed by atoms with Crippen LogP contribution >= 0.6 is 0 Å².